The second-order valence-corrected chi connectivity index (χ2v) is 7.39. The molecule has 0 saturated carbocycles. The van der Waals surface area contributed by atoms with E-state index in [1.54, 1.807) is 0 Å². The van der Waals surface area contributed by atoms with Crippen molar-refractivity contribution in [3.63, 3.8) is 0 Å². The van der Waals surface area contributed by atoms with Crippen LogP contribution in [0.3, 0.4) is 0 Å². The van der Waals surface area contributed by atoms with E-state index in [2.05, 4.69) is 41.3 Å². The predicted octanol–water partition coefficient (Wildman–Crippen LogP) is 2.82. The highest BCUT2D eigenvalue weighted by Gasteiger charge is 2.28. The molecule has 5 heteroatoms. The van der Waals surface area contributed by atoms with Gasteiger partial charge in [0.1, 0.15) is 18.5 Å². The van der Waals surface area contributed by atoms with Gasteiger partial charge >= 0.3 is 0 Å². The van der Waals surface area contributed by atoms with Gasteiger partial charge in [0.15, 0.2) is 0 Å². The zero-order chi connectivity index (χ0) is 17.8. The van der Waals surface area contributed by atoms with E-state index < -0.39 is 6.10 Å². The molecule has 0 amide bonds. The lowest BCUT2D eigenvalue weighted by Gasteiger charge is -2.38. The van der Waals surface area contributed by atoms with E-state index in [9.17, 15) is 5.11 Å². The number of β-amino-alcohol motifs (C(OH)–C–C–N with tert-alkyl or cyclic N) is 1. The van der Waals surface area contributed by atoms with E-state index >= 15 is 0 Å². The second-order valence-electron chi connectivity index (χ2n) is 7.39. The lowest BCUT2D eigenvalue weighted by Crippen LogP contribution is -2.44. The molecule has 1 fully saturated rings. The number of nitrogens with zero attached hydrogens (tertiary/aromatic N) is 3. The van der Waals surface area contributed by atoms with Gasteiger partial charge in [-0.2, -0.15) is 0 Å². The molecule has 2 aromatic rings. The first kappa shape index (κ1) is 18.0. The van der Waals surface area contributed by atoms with Gasteiger partial charge in [0.2, 0.25) is 0 Å². The summed E-state index contributed by atoms with van der Waals surface area (Å²) in [6.07, 6.45) is 6.40. The molecule has 1 saturated heterocycles. The van der Waals surface area contributed by atoms with E-state index in [-0.39, 0.29) is 0 Å². The van der Waals surface area contributed by atoms with E-state index in [1.165, 1.54) is 11.1 Å². The molecule has 1 aromatic heterocycles. The van der Waals surface area contributed by atoms with Crippen LogP contribution in [0.1, 0.15) is 30.5 Å². The molecule has 3 rings (SSSR count). The molecule has 3 atom stereocenters. The minimum atomic E-state index is -0.488. The Kier molecular flexibility index (Phi) is 5.76. The summed E-state index contributed by atoms with van der Waals surface area (Å²) in [5.41, 5.74) is 2.36. The zero-order valence-electron chi connectivity index (χ0n) is 15.4. The molecular weight excluding hydrogens is 314 g/mol. The maximum absolute atomic E-state index is 10.4. The summed E-state index contributed by atoms with van der Waals surface area (Å²) in [6.45, 7) is 9.34. The average molecular weight is 343 g/mol. The monoisotopic (exact) mass is 343 g/mol. The van der Waals surface area contributed by atoms with Crippen molar-refractivity contribution in [3.05, 3.63) is 48.0 Å². The molecule has 1 aliphatic heterocycles. The van der Waals surface area contributed by atoms with Crippen molar-refractivity contribution in [3.8, 4) is 5.75 Å². The Balaban J connectivity index is 1.51. The maximum atomic E-state index is 10.4. The molecule has 136 valence electrons. The molecule has 25 heavy (non-hydrogen) atoms. The van der Waals surface area contributed by atoms with E-state index in [4.69, 9.17) is 4.74 Å². The van der Waals surface area contributed by atoms with Crippen molar-refractivity contribution in [1.82, 2.24) is 14.5 Å². The van der Waals surface area contributed by atoms with Crippen LogP contribution in [0.5, 0.6) is 5.75 Å². The third kappa shape index (κ3) is 4.83. The number of hydrogen-bond donors (Lipinski definition) is 1. The number of imidazole rings is 1. The largest absolute Gasteiger partial charge is 0.491 e. The minimum Gasteiger partial charge on any atom is -0.491 e. The molecule has 0 radical (unpaired) electrons. The first-order valence-corrected chi connectivity index (χ1v) is 9.10. The van der Waals surface area contributed by atoms with Gasteiger partial charge in [-0.1, -0.05) is 13.0 Å². The number of aliphatic hydroxyl groups is 1. The number of hydrogen-bond acceptors (Lipinski definition) is 4. The van der Waals surface area contributed by atoms with E-state index in [0.29, 0.717) is 25.1 Å². The van der Waals surface area contributed by atoms with Crippen LogP contribution in [0.4, 0.5) is 0 Å². The molecule has 1 aliphatic rings. The van der Waals surface area contributed by atoms with Crippen LogP contribution in [0, 0.1) is 19.8 Å². The van der Waals surface area contributed by atoms with Gasteiger partial charge in [-0.3, -0.25) is 4.90 Å². The number of rotatable bonds is 6. The number of ether oxygens (including phenoxy) is 1. The van der Waals surface area contributed by atoms with Crippen LogP contribution in [0.15, 0.2) is 36.9 Å². The smallest absolute Gasteiger partial charge is 0.119 e. The number of aromatic nitrogens is 2. The SMILES string of the molecule is Cc1cc(C)cc(OCC(O)CN2CCC(C)C(n3ccnc3)C2)c1. The van der Waals surface area contributed by atoms with Gasteiger partial charge in [0.05, 0.1) is 6.33 Å². The third-order valence-corrected chi connectivity index (χ3v) is 5.02. The summed E-state index contributed by atoms with van der Waals surface area (Å²) in [4.78, 5) is 6.50. The standard InChI is InChI=1S/C20H29N3O2/c1-15-8-16(2)10-19(9-15)25-13-18(24)11-22-6-4-17(3)20(12-22)23-7-5-21-14-23/h5,7-10,14,17-18,20,24H,4,6,11-13H2,1-3H3. The second kappa shape index (κ2) is 8.02. The van der Waals surface area contributed by atoms with E-state index in [0.717, 1.165) is 25.3 Å². The van der Waals surface area contributed by atoms with Crippen LogP contribution < -0.4 is 4.74 Å². The fourth-order valence-electron chi connectivity index (χ4n) is 3.69. The highest BCUT2D eigenvalue weighted by Crippen LogP contribution is 2.27. The zero-order valence-corrected chi connectivity index (χ0v) is 15.4. The molecule has 1 aromatic carbocycles. The molecular formula is C20H29N3O2. The van der Waals surface area contributed by atoms with Crippen LogP contribution in [-0.2, 0) is 0 Å². The van der Waals surface area contributed by atoms with Crippen molar-refractivity contribution >= 4 is 0 Å². The van der Waals surface area contributed by atoms with Gasteiger partial charge in [-0.25, -0.2) is 4.98 Å². The van der Waals surface area contributed by atoms with Crippen LogP contribution in [0.25, 0.3) is 0 Å². The Morgan fingerprint density at radius 3 is 2.72 bits per heavy atom. The normalized spacial score (nSPS) is 22.7. The number of benzene rings is 1. The lowest BCUT2D eigenvalue weighted by atomic mass is 9.93. The van der Waals surface area contributed by atoms with Crippen molar-refractivity contribution in [2.24, 2.45) is 5.92 Å². The first-order valence-electron chi connectivity index (χ1n) is 9.10. The topological polar surface area (TPSA) is 50.5 Å². The molecule has 0 bridgehead atoms. The summed E-state index contributed by atoms with van der Waals surface area (Å²) >= 11 is 0. The summed E-state index contributed by atoms with van der Waals surface area (Å²) in [7, 11) is 0. The molecule has 0 spiro atoms. The summed E-state index contributed by atoms with van der Waals surface area (Å²) in [5.74, 6) is 1.45. The average Bonchev–Trinajstić information content (AvgIpc) is 3.08. The Morgan fingerprint density at radius 2 is 2.04 bits per heavy atom. The van der Waals surface area contributed by atoms with Crippen LogP contribution in [0.2, 0.25) is 0 Å². The Morgan fingerprint density at radius 1 is 1.28 bits per heavy atom. The van der Waals surface area contributed by atoms with E-state index in [1.807, 2.05) is 30.9 Å². The quantitative estimate of drug-likeness (QED) is 0.876. The summed E-state index contributed by atoms with van der Waals surface area (Å²) in [6, 6.07) is 6.56. The Labute approximate surface area is 150 Å². The highest BCUT2D eigenvalue weighted by molar-refractivity contribution is 5.32. The van der Waals surface area contributed by atoms with Crippen molar-refractivity contribution in [1.29, 1.82) is 0 Å². The van der Waals surface area contributed by atoms with Gasteiger partial charge < -0.3 is 14.4 Å². The van der Waals surface area contributed by atoms with Crippen LogP contribution >= 0.6 is 0 Å². The molecule has 3 unspecified atom stereocenters. The maximum Gasteiger partial charge on any atom is 0.119 e. The summed E-state index contributed by atoms with van der Waals surface area (Å²) < 4.78 is 7.99. The first-order chi connectivity index (χ1) is 12.0. The summed E-state index contributed by atoms with van der Waals surface area (Å²) in [5, 5.41) is 10.4. The highest BCUT2D eigenvalue weighted by atomic mass is 16.5. The van der Waals surface area contributed by atoms with Gasteiger partial charge in [0.25, 0.3) is 0 Å². The fraction of sp³-hybridized carbons (Fsp3) is 0.550. The molecule has 5 nitrogen and oxygen atoms in total. The molecule has 2 heterocycles. The minimum absolute atomic E-state index is 0.324. The van der Waals surface area contributed by atoms with Crippen molar-refractivity contribution in [2.45, 2.75) is 39.3 Å². The van der Waals surface area contributed by atoms with Crippen molar-refractivity contribution < 1.29 is 9.84 Å². The Hall–Kier alpha value is -1.85. The number of aryl methyl sites for hydroxylation is 2. The molecule has 0 aliphatic carbocycles. The van der Waals surface area contributed by atoms with Gasteiger partial charge in [-0.05, 0) is 56.0 Å². The van der Waals surface area contributed by atoms with Gasteiger partial charge in [0, 0.05) is 31.5 Å². The fourth-order valence-corrected chi connectivity index (χ4v) is 3.69. The van der Waals surface area contributed by atoms with Crippen LogP contribution in [-0.4, -0.2) is 51.9 Å². The van der Waals surface area contributed by atoms with Crippen molar-refractivity contribution in [2.75, 3.05) is 26.2 Å². The number of likely N-dealkylation sites (tertiary alicyclic amines) is 1. The predicted molar refractivity (Wildman–Crippen MR) is 98.9 cm³/mol. The molecule has 1 N–H and O–H groups in total. The Bertz CT molecular complexity index is 651. The lowest BCUT2D eigenvalue weighted by molar-refractivity contribution is 0.0427. The van der Waals surface area contributed by atoms with Gasteiger partial charge in [-0.15, -0.1) is 0 Å². The number of aliphatic hydroxyl groups excluding tert-OH is 1. The third-order valence-electron chi connectivity index (χ3n) is 5.02. The number of piperidine rings is 1.